The number of halogens is 2. The van der Waals surface area contributed by atoms with Gasteiger partial charge in [-0.25, -0.2) is 4.79 Å². The van der Waals surface area contributed by atoms with E-state index in [1.54, 1.807) is 28.0 Å². The van der Waals surface area contributed by atoms with Crippen LogP contribution in [0.5, 0.6) is 0 Å². The number of rotatable bonds is 3. The summed E-state index contributed by atoms with van der Waals surface area (Å²) in [6, 6.07) is 4.79. The largest absolute Gasteiger partial charge is 0.445 e. The maximum absolute atomic E-state index is 12.4. The van der Waals surface area contributed by atoms with Crippen LogP contribution in [0.3, 0.4) is 0 Å². The smallest absolute Gasteiger partial charge is 0.410 e. The first-order valence-corrected chi connectivity index (χ1v) is 7.55. The monoisotopic (exact) mass is 342 g/mol. The summed E-state index contributed by atoms with van der Waals surface area (Å²) < 4.78 is 4.97. The quantitative estimate of drug-likeness (QED) is 0.793. The molecule has 0 aliphatic carbocycles. The Morgan fingerprint density at radius 1 is 1.14 bits per heavy atom. The average Bonchev–Trinajstić information content (AvgIpc) is 2.54. The molecule has 0 unspecified atom stereocenters. The predicted octanol–water partition coefficient (Wildman–Crippen LogP) is 3.07. The first-order valence-electron chi connectivity index (χ1n) is 6.80. The normalized spacial score (nSPS) is 14.6. The third kappa shape index (κ3) is 3.93. The average molecular weight is 343 g/mol. The van der Waals surface area contributed by atoms with Crippen LogP contribution in [0.1, 0.15) is 10.4 Å². The van der Waals surface area contributed by atoms with Gasteiger partial charge in [-0.1, -0.05) is 35.9 Å². The fourth-order valence-electron chi connectivity index (χ4n) is 2.13. The van der Waals surface area contributed by atoms with E-state index in [-0.39, 0.29) is 18.6 Å². The van der Waals surface area contributed by atoms with Gasteiger partial charge < -0.3 is 14.5 Å². The highest BCUT2D eigenvalue weighted by atomic mass is 35.5. The molecular formula is C15H16Cl2N2O3. The third-order valence-corrected chi connectivity index (χ3v) is 4.06. The van der Waals surface area contributed by atoms with Crippen molar-refractivity contribution in [3.8, 4) is 0 Å². The molecule has 2 rings (SSSR count). The minimum Gasteiger partial charge on any atom is -0.445 e. The summed E-state index contributed by atoms with van der Waals surface area (Å²) in [5, 5.41) is 0.757. The fourth-order valence-corrected chi connectivity index (χ4v) is 2.42. The van der Waals surface area contributed by atoms with Crippen molar-refractivity contribution in [1.82, 2.24) is 9.80 Å². The molecule has 0 N–H and O–H groups in total. The minimum absolute atomic E-state index is 0.127. The van der Waals surface area contributed by atoms with E-state index in [0.717, 1.165) is 0 Å². The number of piperazine rings is 1. The van der Waals surface area contributed by atoms with Gasteiger partial charge in [0.2, 0.25) is 0 Å². The first kappa shape index (κ1) is 16.6. The molecule has 0 aromatic heterocycles. The molecule has 2 amide bonds. The maximum atomic E-state index is 12.4. The molecule has 1 aliphatic rings. The van der Waals surface area contributed by atoms with E-state index >= 15 is 0 Å². The molecule has 1 aliphatic heterocycles. The van der Waals surface area contributed by atoms with Crippen LogP contribution in [-0.4, -0.2) is 54.6 Å². The summed E-state index contributed by atoms with van der Waals surface area (Å²) in [5.74, 6) is -0.127. The van der Waals surface area contributed by atoms with E-state index in [4.69, 9.17) is 27.9 Å². The lowest BCUT2D eigenvalue weighted by Gasteiger charge is -2.34. The van der Waals surface area contributed by atoms with E-state index in [1.165, 1.54) is 6.08 Å². The van der Waals surface area contributed by atoms with Crippen molar-refractivity contribution >= 4 is 35.2 Å². The highest BCUT2D eigenvalue weighted by Crippen LogP contribution is 2.23. The van der Waals surface area contributed by atoms with Crippen LogP contribution < -0.4 is 0 Å². The van der Waals surface area contributed by atoms with Gasteiger partial charge in [0.05, 0.1) is 10.0 Å². The van der Waals surface area contributed by atoms with Crippen molar-refractivity contribution in [3.05, 3.63) is 46.5 Å². The number of nitrogens with zero attached hydrogens (tertiary/aromatic N) is 2. The van der Waals surface area contributed by atoms with Crippen molar-refractivity contribution in [2.75, 3.05) is 32.8 Å². The molecule has 1 aromatic rings. The van der Waals surface area contributed by atoms with Crippen LogP contribution in [0, 0.1) is 0 Å². The number of hydrogen-bond donors (Lipinski definition) is 0. The van der Waals surface area contributed by atoms with Crippen LogP contribution in [0.4, 0.5) is 4.79 Å². The Morgan fingerprint density at radius 2 is 1.77 bits per heavy atom. The van der Waals surface area contributed by atoms with Gasteiger partial charge in [0.1, 0.15) is 6.61 Å². The second-order valence-electron chi connectivity index (χ2n) is 4.77. The number of carbonyl (C=O) groups excluding carboxylic acids is 2. The van der Waals surface area contributed by atoms with Gasteiger partial charge in [-0.3, -0.25) is 4.79 Å². The molecule has 0 radical (unpaired) electrons. The molecule has 0 bridgehead atoms. The van der Waals surface area contributed by atoms with Crippen LogP contribution in [-0.2, 0) is 4.74 Å². The van der Waals surface area contributed by atoms with E-state index < -0.39 is 0 Å². The summed E-state index contributed by atoms with van der Waals surface area (Å²) in [7, 11) is 0. The second kappa shape index (κ2) is 7.51. The number of hydrogen-bond acceptors (Lipinski definition) is 3. The van der Waals surface area contributed by atoms with Gasteiger partial charge >= 0.3 is 6.09 Å². The van der Waals surface area contributed by atoms with E-state index in [0.29, 0.717) is 41.8 Å². The Bertz CT molecular complexity index is 584. The molecule has 22 heavy (non-hydrogen) atoms. The van der Waals surface area contributed by atoms with Crippen LogP contribution in [0.15, 0.2) is 30.9 Å². The van der Waals surface area contributed by atoms with Crippen LogP contribution in [0.2, 0.25) is 10.0 Å². The lowest BCUT2D eigenvalue weighted by Crippen LogP contribution is -2.50. The second-order valence-corrected chi connectivity index (χ2v) is 5.59. The summed E-state index contributed by atoms with van der Waals surface area (Å²) >= 11 is 11.8. The molecular weight excluding hydrogens is 327 g/mol. The topological polar surface area (TPSA) is 49.9 Å². The number of carbonyl (C=O) groups is 2. The van der Waals surface area contributed by atoms with Crippen molar-refractivity contribution in [2.24, 2.45) is 0 Å². The van der Waals surface area contributed by atoms with Gasteiger partial charge in [0.15, 0.2) is 0 Å². The van der Waals surface area contributed by atoms with Gasteiger partial charge in [0.25, 0.3) is 5.91 Å². The molecule has 1 saturated heterocycles. The fraction of sp³-hybridized carbons (Fsp3) is 0.333. The molecule has 0 saturated carbocycles. The molecule has 1 fully saturated rings. The predicted molar refractivity (Wildman–Crippen MR) is 85.5 cm³/mol. The Hall–Kier alpha value is -1.72. The summed E-state index contributed by atoms with van der Waals surface area (Å²) in [5.41, 5.74) is 0.483. The number of ether oxygens (including phenoxy) is 1. The van der Waals surface area contributed by atoms with Crippen molar-refractivity contribution in [3.63, 3.8) is 0 Å². The zero-order chi connectivity index (χ0) is 16.1. The van der Waals surface area contributed by atoms with Crippen LogP contribution in [0.25, 0.3) is 0 Å². The summed E-state index contributed by atoms with van der Waals surface area (Å²) in [6.07, 6.45) is 1.13. The minimum atomic E-state index is -0.387. The molecule has 7 heteroatoms. The first-order chi connectivity index (χ1) is 10.5. The Morgan fingerprint density at radius 3 is 2.36 bits per heavy atom. The highest BCUT2D eigenvalue weighted by molar-refractivity contribution is 6.42. The Balaban J connectivity index is 1.93. The van der Waals surface area contributed by atoms with Gasteiger partial charge in [0, 0.05) is 31.7 Å². The van der Waals surface area contributed by atoms with Gasteiger partial charge in [-0.05, 0) is 18.2 Å². The molecule has 1 heterocycles. The van der Waals surface area contributed by atoms with Gasteiger partial charge in [-0.2, -0.15) is 0 Å². The maximum Gasteiger partial charge on any atom is 0.410 e. The number of benzene rings is 1. The zero-order valence-electron chi connectivity index (χ0n) is 11.9. The van der Waals surface area contributed by atoms with Crippen LogP contribution >= 0.6 is 23.2 Å². The lowest BCUT2D eigenvalue weighted by atomic mass is 10.2. The zero-order valence-corrected chi connectivity index (χ0v) is 13.4. The summed E-state index contributed by atoms with van der Waals surface area (Å²) in [6.45, 7) is 5.43. The molecule has 0 atom stereocenters. The standard InChI is InChI=1S/C15H16Cl2N2O3/c1-2-9-22-15(21)19-7-5-18(6-8-19)14(20)11-3-4-12(16)13(17)10-11/h2-4,10H,1,5-9H2. The number of amides is 2. The van der Waals surface area contributed by atoms with Gasteiger partial charge in [-0.15, -0.1) is 0 Å². The summed E-state index contributed by atoms with van der Waals surface area (Å²) in [4.78, 5) is 27.3. The highest BCUT2D eigenvalue weighted by Gasteiger charge is 2.25. The van der Waals surface area contributed by atoms with E-state index in [9.17, 15) is 9.59 Å². The van der Waals surface area contributed by atoms with Crippen molar-refractivity contribution in [2.45, 2.75) is 0 Å². The Kier molecular flexibility index (Phi) is 5.69. The Labute approximate surface area is 139 Å². The van der Waals surface area contributed by atoms with E-state index in [2.05, 4.69) is 6.58 Å². The van der Waals surface area contributed by atoms with E-state index in [1.807, 2.05) is 0 Å². The van der Waals surface area contributed by atoms with Crippen molar-refractivity contribution in [1.29, 1.82) is 0 Å². The van der Waals surface area contributed by atoms with Crippen molar-refractivity contribution < 1.29 is 14.3 Å². The third-order valence-electron chi connectivity index (χ3n) is 3.32. The molecule has 5 nitrogen and oxygen atoms in total. The lowest BCUT2D eigenvalue weighted by molar-refractivity contribution is 0.0581. The molecule has 118 valence electrons. The molecule has 1 aromatic carbocycles. The molecule has 0 spiro atoms. The SMILES string of the molecule is C=CCOC(=O)N1CCN(C(=O)c2ccc(Cl)c(Cl)c2)CC1.